The first kappa shape index (κ1) is 14.0. The zero-order chi connectivity index (χ0) is 14.8. The Morgan fingerprint density at radius 3 is 2.15 bits per heavy atom. The van der Waals surface area contributed by atoms with Crippen LogP contribution in [0, 0.1) is 6.92 Å². The van der Waals surface area contributed by atoms with Gasteiger partial charge in [0, 0.05) is 5.69 Å². The molecule has 2 N–H and O–H groups in total. The van der Waals surface area contributed by atoms with Gasteiger partial charge in [0.2, 0.25) is 0 Å². The smallest absolute Gasteiger partial charge is 0.399 e. The number of anilines is 1. The molecule has 3 nitrogen and oxygen atoms in total. The summed E-state index contributed by atoms with van der Waals surface area (Å²) in [7, 11) is 0. The van der Waals surface area contributed by atoms with Crippen LogP contribution in [0.3, 0.4) is 0 Å². The lowest BCUT2D eigenvalue weighted by molar-refractivity contribution is -0.137. The van der Waals surface area contributed by atoms with Crippen molar-refractivity contribution in [1.82, 2.24) is 0 Å². The summed E-state index contributed by atoms with van der Waals surface area (Å²) in [5.74, 6) is 0. The maximum atomic E-state index is 12.4. The van der Waals surface area contributed by atoms with Gasteiger partial charge in [0.1, 0.15) is 0 Å². The molecule has 6 heteroatoms. The van der Waals surface area contributed by atoms with E-state index >= 15 is 0 Å². The Morgan fingerprint density at radius 1 is 0.950 bits per heavy atom. The van der Waals surface area contributed by atoms with E-state index in [-0.39, 0.29) is 0 Å². The molecule has 0 saturated carbocycles. The minimum absolute atomic E-state index is 0.356. The Labute approximate surface area is 114 Å². The van der Waals surface area contributed by atoms with Crippen molar-refractivity contribution < 1.29 is 13.2 Å². The number of rotatable bonds is 2. The fourth-order valence-corrected chi connectivity index (χ4v) is 1.62. The van der Waals surface area contributed by atoms with Gasteiger partial charge < -0.3 is 5.73 Å². The Morgan fingerprint density at radius 2 is 1.60 bits per heavy atom. The van der Waals surface area contributed by atoms with Crippen LogP contribution in [0.25, 0.3) is 0 Å². The molecule has 0 atom stereocenters. The van der Waals surface area contributed by atoms with E-state index in [9.17, 15) is 13.2 Å². The molecular weight excluding hydrogens is 267 g/mol. The van der Waals surface area contributed by atoms with Gasteiger partial charge in [-0.05, 0) is 55.0 Å². The number of nitrogens with zero attached hydrogens (tertiary/aromatic N) is 2. The van der Waals surface area contributed by atoms with Gasteiger partial charge in [0.15, 0.2) is 0 Å². The first-order valence-electron chi connectivity index (χ1n) is 5.81. The SMILES string of the molecule is Cc1cc(N)ccc1N=Nc1ccc(C(F)(F)F)cc1. The van der Waals surface area contributed by atoms with E-state index in [1.807, 2.05) is 6.92 Å². The topological polar surface area (TPSA) is 50.7 Å². The highest BCUT2D eigenvalue weighted by molar-refractivity contribution is 5.54. The number of halogens is 3. The second-order valence-corrected chi connectivity index (χ2v) is 4.29. The molecule has 0 heterocycles. The zero-order valence-corrected chi connectivity index (χ0v) is 10.6. The van der Waals surface area contributed by atoms with E-state index in [4.69, 9.17) is 5.73 Å². The number of nitrogen functional groups attached to an aromatic ring is 1. The van der Waals surface area contributed by atoms with Crippen LogP contribution in [0.4, 0.5) is 30.2 Å². The maximum absolute atomic E-state index is 12.4. The van der Waals surface area contributed by atoms with E-state index in [0.29, 0.717) is 17.1 Å². The van der Waals surface area contributed by atoms with E-state index in [1.165, 1.54) is 12.1 Å². The van der Waals surface area contributed by atoms with Gasteiger partial charge in [-0.3, -0.25) is 0 Å². The van der Waals surface area contributed by atoms with E-state index in [1.54, 1.807) is 18.2 Å². The molecule has 0 aromatic heterocycles. The lowest BCUT2D eigenvalue weighted by Gasteiger charge is -2.05. The molecule has 104 valence electrons. The van der Waals surface area contributed by atoms with Gasteiger partial charge in [-0.15, -0.1) is 0 Å². The maximum Gasteiger partial charge on any atom is 0.416 e. The largest absolute Gasteiger partial charge is 0.416 e. The van der Waals surface area contributed by atoms with Gasteiger partial charge in [-0.1, -0.05) is 0 Å². The molecular formula is C14H12F3N3. The van der Waals surface area contributed by atoms with Crippen LogP contribution in [-0.2, 0) is 6.18 Å². The van der Waals surface area contributed by atoms with Gasteiger partial charge >= 0.3 is 6.18 Å². The summed E-state index contributed by atoms with van der Waals surface area (Å²) in [4.78, 5) is 0. The molecule has 0 amide bonds. The molecule has 20 heavy (non-hydrogen) atoms. The summed E-state index contributed by atoms with van der Waals surface area (Å²) in [5.41, 5.74) is 7.35. The van der Waals surface area contributed by atoms with Crippen LogP contribution in [-0.4, -0.2) is 0 Å². The average Bonchev–Trinajstić information content (AvgIpc) is 2.37. The molecule has 0 aliphatic rings. The summed E-state index contributed by atoms with van der Waals surface area (Å²) in [6.45, 7) is 1.83. The van der Waals surface area contributed by atoms with Crippen molar-refractivity contribution in [3.05, 3.63) is 53.6 Å². The third kappa shape index (κ3) is 3.34. The van der Waals surface area contributed by atoms with Gasteiger partial charge in [-0.25, -0.2) is 0 Å². The van der Waals surface area contributed by atoms with Crippen LogP contribution in [0.1, 0.15) is 11.1 Å². The standard InChI is InChI=1S/C14H12F3N3/c1-9-8-11(18)4-7-13(9)20-19-12-5-2-10(3-6-12)14(15,16)17/h2-8H,18H2,1H3. The van der Waals surface area contributed by atoms with Crippen molar-refractivity contribution in [3.63, 3.8) is 0 Å². The van der Waals surface area contributed by atoms with Crippen LogP contribution in [0.2, 0.25) is 0 Å². The lowest BCUT2D eigenvalue weighted by atomic mass is 10.2. The molecule has 0 radical (unpaired) electrons. The monoisotopic (exact) mass is 279 g/mol. The summed E-state index contributed by atoms with van der Waals surface area (Å²) in [6, 6.07) is 9.65. The minimum atomic E-state index is -4.34. The minimum Gasteiger partial charge on any atom is -0.399 e. The Kier molecular flexibility index (Phi) is 3.74. The van der Waals surface area contributed by atoms with Crippen molar-refractivity contribution >= 4 is 17.1 Å². The fraction of sp³-hybridized carbons (Fsp3) is 0.143. The Bertz CT molecular complexity index is 631. The highest BCUT2D eigenvalue weighted by Crippen LogP contribution is 2.31. The van der Waals surface area contributed by atoms with Crippen molar-refractivity contribution in [1.29, 1.82) is 0 Å². The molecule has 0 saturated heterocycles. The summed E-state index contributed by atoms with van der Waals surface area (Å²) in [6.07, 6.45) is -4.34. The highest BCUT2D eigenvalue weighted by atomic mass is 19.4. The molecule has 0 aliphatic heterocycles. The summed E-state index contributed by atoms with van der Waals surface area (Å²) in [5, 5.41) is 7.90. The first-order valence-corrected chi connectivity index (χ1v) is 5.81. The van der Waals surface area contributed by atoms with Crippen LogP contribution < -0.4 is 5.73 Å². The highest BCUT2D eigenvalue weighted by Gasteiger charge is 2.29. The predicted molar refractivity (Wildman–Crippen MR) is 71.2 cm³/mol. The molecule has 2 aromatic carbocycles. The quantitative estimate of drug-likeness (QED) is 0.609. The van der Waals surface area contributed by atoms with E-state index in [0.717, 1.165) is 17.7 Å². The summed E-state index contributed by atoms with van der Waals surface area (Å²) < 4.78 is 37.2. The second kappa shape index (κ2) is 5.32. The number of alkyl halides is 3. The van der Waals surface area contributed by atoms with E-state index < -0.39 is 11.7 Å². The second-order valence-electron chi connectivity index (χ2n) is 4.29. The van der Waals surface area contributed by atoms with Crippen molar-refractivity contribution in [3.8, 4) is 0 Å². The Hall–Kier alpha value is -2.37. The van der Waals surface area contributed by atoms with Gasteiger partial charge in [-0.2, -0.15) is 23.4 Å². The number of hydrogen-bond donors (Lipinski definition) is 1. The number of nitrogens with two attached hydrogens (primary N) is 1. The normalized spacial score (nSPS) is 12.0. The number of aryl methyl sites for hydroxylation is 1. The van der Waals surface area contributed by atoms with E-state index in [2.05, 4.69) is 10.2 Å². The van der Waals surface area contributed by atoms with Crippen molar-refractivity contribution in [2.24, 2.45) is 10.2 Å². The predicted octanol–water partition coefficient (Wildman–Crippen LogP) is 5.01. The molecule has 0 fully saturated rings. The van der Waals surface area contributed by atoms with Crippen molar-refractivity contribution in [2.45, 2.75) is 13.1 Å². The van der Waals surface area contributed by atoms with Crippen molar-refractivity contribution in [2.75, 3.05) is 5.73 Å². The lowest BCUT2D eigenvalue weighted by Crippen LogP contribution is -2.03. The molecule has 0 bridgehead atoms. The third-order valence-corrected chi connectivity index (χ3v) is 2.69. The fourth-order valence-electron chi connectivity index (χ4n) is 1.62. The molecule has 0 unspecified atom stereocenters. The number of hydrogen-bond acceptors (Lipinski definition) is 3. The number of azo groups is 1. The first-order chi connectivity index (χ1) is 9.36. The number of benzene rings is 2. The molecule has 2 aromatic rings. The Balaban J connectivity index is 2.19. The van der Waals surface area contributed by atoms with Crippen LogP contribution in [0.15, 0.2) is 52.7 Å². The molecule has 0 aliphatic carbocycles. The molecule has 2 rings (SSSR count). The summed E-state index contributed by atoms with van der Waals surface area (Å²) >= 11 is 0. The van der Waals surface area contributed by atoms with Crippen LogP contribution >= 0.6 is 0 Å². The van der Waals surface area contributed by atoms with Gasteiger partial charge in [0.25, 0.3) is 0 Å². The zero-order valence-electron chi connectivity index (χ0n) is 10.6. The molecule has 0 spiro atoms. The third-order valence-electron chi connectivity index (χ3n) is 2.69. The van der Waals surface area contributed by atoms with Gasteiger partial charge in [0.05, 0.1) is 16.9 Å². The van der Waals surface area contributed by atoms with Crippen LogP contribution in [0.5, 0.6) is 0 Å². The average molecular weight is 279 g/mol.